The molecule has 1 aromatic carbocycles. The van der Waals surface area contributed by atoms with Crippen molar-refractivity contribution in [2.45, 2.75) is 25.7 Å². The number of carbonyl (C=O) groups excluding carboxylic acids is 2. The number of amides is 1. The quantitative estimate of drug-likeness (QED) is 0.671. The molecule has 1 unspecified atom stereocenters. The molecule has 1 atom stereocenters. The molecule has 0 radical (unpaired) electrons. The van der Waals surface area contributed by atoms with Crippen molar-refractivity contribution in [3.05, 3.63) is 24.4 Å². The van der Waals surface area contributed by atoms with E-state index < -0.39 is 24.9 Å². The van der Waals surface area contributed by atoms with Crippen LogP contribution in [0.5, 0.6) is 11.5 Å². The first-order valence-electron chi connectivity index (χ1n) is 9.26. The minimum Gasteiger partial charge on any atom is -0.494 e. The number of ether oxygens (including phenoxy) is 4. The number of benzene rings is 1. The van der Waals surface area contributed by atoms with Gasteiger partial charge in [-0.15, -0.1) is 0 Å². The van der Waals surface area contributed by atoms with Crippen molar-refractivity contribution < 1.29 is 41.7 Å². The number of anilines is 1. The fraction of sp³-hybridized carbons (Fsp3) is 0.421. The third-order valence-electron chi connectivity index (χ3n) is 4.45. The molecule has 1 amide bonds. The fourth-order valence-corrected chi connectivity index (χ4v) is 3.14. The van der Waals surface area contributed by atoms with Crippen LogP contribution in [0, 0.1) is 0 Å². The van der Waals surface area contributed by atoms with Crippen LogP contribution in [0.2, 0.25) is 0 Å². The number of imidazole rings is 1. The van der Waals surface area contributed by atoms with Crippen molar-refractivity contribution in [3.8, 4) is 22.9 Å². The Kier molecular flexibility index (Phi) is 6.56. The van der Waals surface area contributed by atoms with Crippen molar-refractivity contribution in [1.82, 2.24) is 9.55 Å². The lowest BCUT2D eigenvalue weighted by atomic mass is 10.2. The molecule has 0 spiro atoms. The van der Waals surface area contributed by atoms with E-state index in [0.29, 0.717) is 54.0 Å². The van der Waals surface area contributed by atoms with E-state index in [1.54, 1.807) is 22.8 Å². The smallest absolute Gasteiger partial charge is 0.416 e. The molecule has 2 aromatic rings. The van der Waals surface area contributed by atoms with Crippen LogP contribution in [0.1, 0.15) is 6.92 Å². The largest absolute Gasteiger partial charge is 0.494 e. The van der Waals surface area contributed by atoms with Gasteiger partial charge in [0.15, 0.2) is 11.9 Å². The van der Waals surface area contributed by atoms with Crippen LogP contribution in [0.25, 0.3) is 11.4 Å². The van der Waals surface area contributed by atoms with Gasteiger partial charge in [0.05, 0.1) is 25.8 Å². The molecular formula is C19H20F3N3O6. The van der Waals surface area contributed by atoms with Crippen molar-refractivity contribution in [3.63, 3.8) is 0 Å². The third-order valence-corrected chi connectivity index (χ3v) is 4.45. The lowest BCUT2D eigenvalue weighted by molar-refractivity contribution is -0.147. The summed E-state index contributed by atoms with van der Waals surface area (Å²) in [6.45, 7) is 2.66. The number of hydrogen-bond donors (Lipinski definition) is 0. The van der Waals surface area contributed by atoms with E-state index in [9.17, 15) is 18.0 Å². The summed E-state index contributed by atoms with van der Waals surface area (Å²) in [6.07, 6.45) is -4.26. The van der Waals surface area contributed by atoms with Crippen LogP contribution in [0.3, 0.4) is 0 Å². The SMILES string of the molecule is CCOc1ccc2c(c1)OCCn1cc(N3C(=O)OCC3C(F)(F)F)nc1-2.COC=O. The Balaban J connectivity index is 0.000000628. The molecule has 3 heterocycles. The predicted octanol–water partition coefficient (Wildman–Crippen LogP) is 3.02. The average molecular weight is 443 g/mol. The topological polar surface area (TPSA) is 92.1 Å². The summed E-state index contributed by atoms with van der Waals surface area (Å²) in [6, 6.07) is 3.13. The molecule has 1 fully saturated rings. The van der Waals surface area contributed by atoms with Gasteiger partial charge in [-0.3, -0.25) is 4.79 Å². The Morgan fingerprint density at radius 3 is 2.71 bits per heavy atom. The van der Waals surface area contributed by atoms with Gasteiger partial charge in [-0.05, 0) is 19.1 Å². The maximum atomic E-state index is 13.2. The second-order valence-electron chi connectivity index (χ2n) is 6.39. The summed E-state index contributed by atoms with van der Waals surface area (Å²) >= 11 is 0. The Bertz CT molecular complexity index is 946. The minimum absolute atomic E-state index is 0.100. The molecule has 0 N–H and O–H groups in total. The second-order valence-corrected chi connectivity index (χ2v) is 6.39. The van der Waals surface area contributed by atoms with Crippen molar-refractivity contribution in [2.75, 3.05) is 31.8 Å². The zero-order chi connectivity index (χ0) is 22.6. The number of rotatable bonds is 4. The highest BCUT2D eigenvalue weighted by molar-refractivity contribution is 5.89. The molecule has 0 aliphatic carbocycles. The van der Waals surface area contributed by atoms with E-state index in [1.165, 1.54) is 13.3 Å². The van der Waals surface area contributed by atoms with Crippen LogP contribution >= 0.6 is 0 Å². The lowest BCUT2D eigenvalue weighted by Crippen LogP contribution is -2.44. The molecule has 0 saturated carbocycles. The Morgan fingerprint density at radius 1 is 1.32 bits per heavy atom. The molecule has 168 valence electrons. The van der Waals surface area contributed by atoms with Crippen LogP contribution in [0.4, 0.5) is 23.8 Å². The highest BCUT2D eigenvalue weighted by atomic mass is 19.4. The molecule has 12 heteroatoms. The lowest BCUT2D eigenvalue weighted by Gasteiger charge is -2.21. The highest BCUT2D eigenvalue weighted by Crippen LogP contribution is 2.38. The van der Waals surface area contributed by atoms with Gasteiger partial charge in [-0.2, -0.15) is 13.2 Å². The summed E-state index contributed by atoms with van der Waals surface area (Å²) in [7, 11) is 1.31. The van der Waals surface area contributed by atoms with E-state index in [2.05, 4.69) is 14.5 Å². The zero-order valence-electron chi connectivity index (χ0n) is 16.7. The number of cyclic esters (lactones) is 1. The van der Waals surface area contributed by atoms with E-state index in [1.807, 2.05) is 6.92 Å². The van der Waals surface area contributed by atoms with E-state index in [-0.39, 0.29) is 5.82 Å². The van der Waals surface area contributed by atoms with Gasteiger partial charge in [-0.1, -0.05) is 0 Å². The van der Waals surface area contributed by atoms with Gasteiger partial charge in [0.1, 0.15) is 30.5 Å². The molecule has 2 aliphatic rings. The second kappa shape index (κ2) is 9.14. The van der Waals surface area contributed by atoms with Crippen LogP contribution in [-0.4, -0.2) is 61.3 Å². The number of halogens is 3. The van der Waals surface area contributed by atoms with E-state index in [0.717, 1.165) is 0 Å². The molecule has 31 heavy (non-hydrogen) atoms. The van der Waals surface area contributed by atoms with Crippen LogP contribution in [-0.2, 0) is 20.8 Å². The van der Waals surface area contributed by atoms with Gasteiger partial charge in [0.25, 0.3) is 6.47 Å². The van der Waals surface area contributed by atoms with Crippen molar-refractivity contribution in [1.29, 1.82) is 0 Å². The molecular weight excluding hydrogens is 423 g/mol. The number of methoxy groups -OCH3 is 1. The number of carbonyl (C=O) groups is 2. The Morgan fingerprint density at radius 2 is 2.06 bits per heavy atom. The first kappa shape index (κ1) is 22.2. The maximum absolute atomic E-state index is 13.2. The number of alkyl halides is 3. The first-order chi connectivity index (χ1) is 14.8. The van der Waals surface area contributed by atoms with Gasteiger partial charge in [0, 0.05) is 12.3 Å². The van der Waals surface area contributed by atoms with E-state index >= 15 is 0 Å². The van der Waals surface area contributed by atoms with Crippen LogP contribution < -0.4 is 14.4 Å². The standard InChI is InChI=1S/C17H16F3N3O4.C2H4O2/c1-2-25-10-3-4-11-12(7-10)26-6-5-22-8-14(21-15(11)22)23-13(17(18,19)20)9-27-16(23)24;1-4-2-3/h3-4,7-8,13H,2,5-6,9H2,1H3;2H,1H3. The highest BCUT2D eigenvalue weighted by Gasteiger charge is 2.52. The van der Waals surface area contributed by atoms with E-state index in [4.69, 9.17) is 14.3 Å². The van der Waals surface area contributed by atoms with Crippen molar-refractivity contribution in [2.24, 2.45) is 0 Å². The van der Waals surface area contributed by atoms with Crippen molar-refractivity contribution >= 4 is 18.4 Å². The Hall–Kier alpha value is -3.44. The molecule has 4 rings (SSSR count). The predicted molar refractivity (Wildman–Crippen MR) is 101 cm³/mol. The molecule has 0 bridgehead atoms. The number of nitrogens with zero attached hydrogens (tertiary/aromatic N) is 3. The fourth-order valence-electron chi connectivity index (χ4n) is 3.14. The summed E-state index contributed by atoms with van der Waals surface area (Å²) in [5.41, 5.74) is 0.610. The van der Waals surface area contributed by atoms with Gasteiger partial charge >= 0.3 is 12.3 Å². The summed E-state index contributed by atoms with van der Waals surface area (Å²) in [5, 5.41) is 0. The minimum atomic E-state index is -4.61. The summed E-state index contributed by atoms with van der Waals surface area (Å²) < 4.78 is 61.0. The zero-order valence-corrected chi connectivity index (χ0v) is 16.7. The average Bonchev–Trinajstić information content (AvgIpc) is 3.28. The van der Waals surface area contributed by atoms with Gasteiger partial charge < -0.3 is 23.5 Å². The monoisotopic (exact) mass is 443 g/mol. The normalized spacial score (nSPS) is 17.3. The Labute approximate surface area is 175 Å². The first-order valence-corrected chi connectivity index (χ1v) is 9.26. The summed E-state index contributed by atoms with van der Waals surface area (Å²) in [5.74, 6) is 1.46. The van der Waals surface area contributed by atoms with Gasteiger partial charge in [0.2, 0.25) is 0 Å². The molecule has 2 aliphatic heterocycles. The molecule has 1 saturated heterocycles. The van der Waals surface area contributed by atoms with Crippen LogP contribution in [0.15, 0.2) is 24.4 Å². The molecule has 9 nitrogen and oxygen atoms in total. The molecule has 1 aromatic heterocycles. The maximum Gasteiger partial charge on any atom is 0.416 e. The van der Waals surface area contributed by atoms with Gasteiger partial charge in [-0.25, -0.2) is 14.7 Å². The number of fused-ring (bicyclic) bond motifs is 3. The number of hydrogen-bond acceptors (Lipinski definition) is 7. The number of aromatic nitrogens is 2. The summed E-state index contributed by atoms with van der Waals surface area (Å²) in [4.78, 5) is 25.7. The third kappa shape index (κ3) is 4.67.